The molecule has 0 aromatic heterocycles. The molecule has 2 atom stereocenters. The normalized spacial score (nSPS) is 22.8. The second-order valence-corrected chi connectivity index (χ2v) is 5.16. The fourth-order valence-electron chi connectivity index (χ4n) is 2.84. The first-order valence-electron chi connectivity index (χ1n) is 6.58. The molecule has 5 heteroatoms. The molecule has 108 valence electrons. The maximum Gasteiger partial charge on any atom is 0.308 e. The van der Waals surface area contributed by atoms with Crippen LogP contribution < -0.4 is 4.74 Å². The summed E-state index contributed by atoms with van der Waals surface area (Å²) in [6.07, 6.45) is 0.674. The van der Waals surface area contributed by atoms with Crippen molar-refractivity contribution in [3.8, 4) is 5.75 Å². The summed E-state index contributed by atoms with van der Waals surface area (Å²) < 4.78 is 5.21. The lowest BCUT2D eigenvalue weighted by Gasteiger charge is -2.37. The predicted octanol–water partition coefficient (Wildman–Crippen LogP) is 2.00. The van der Waals surface area contributed by atoms with Gasteiger partial charge in [0.1, 0.15) is 5.75 Å². The Kier molecular flexibility index (Phi) is 3.97. The first kappa shape index (κ1) is 14.4. The predicted molar refractivity (Wildman–Crippen MR) is 73.6 cm³/mol. The Hall–Kier alpha value is -2.04. The molecule has 1 N–H and O–H groups in total. The third-order valence-electron chi connectivity index (χ3n) is 3.94. The van der Waals surface area contributed by atoms with Gasteiger partial charge in [-0.2, -0.15) is 0 Å². The van der Waals surface area contributed by atoms with Crippen molar-refractivity contribution >= 4 is 11.9 Å². The minimum atomic E-state index is -0.858. The summed E-state index contributed by atoms with van der Waals surface area (Å²) in [6, 6.07) is 5.13. The van der Waals surface area contributed by atoms with Gasteiger partial charge < -0.3 is 14.7 Å². The number of nitrogens with zero attached hydrogens (tertiary/aromatic N) is 1. The average Bonchev–Trinajstić information content (AvgIpc) is 2.41. The van der Waals surface area contributed by atoms with E-state index in [0.29, 0.717) is 12.8 Å². The van der Waals surface area contributed by atoms with E-state index in [0.717, 1.165) is 16.9 Å². The zero-order valence-corrected chi connectivity index (χ0v) is 11.9. The molecule has 0 bridgehead atoms. The van der Waals surface area contributed by atoms with Crippen LogP contribution in [0, 0.1) is 12.8 Å². The van der Waals surface area contributed by atoms with Crippen LogP contribution in [0.25, 0.3) is 0 Å². The quantitative estimate of drug-likeness (QED) is 0.917. The third-order valence-corrected chi connectivity index (χ3v) is 3.94. The standard InChI is InChI=1S/C15H19NO4/c1-9-8-10(4-6-12(9)20-3)14-11(15(18)19)5-7-13(17)16(14)2/h4,6,8,11,14H,5,7H2,1-3H3,(H,18,19). The highest BCUT2D eigenvalue weighted by atomic mass is 16.5. The molecule has 0 aliphatic carbocycles. The van der Waals surface area contributed by atoms with Crippen molar-refractivity contribution in [2.75, 3.05) is 14.2 Å². The number of aryl methyl sites for hydroxylation is 1. The summed E-state index contributed by atoms with van der Waals surface area (Å²) in [6.45, 7) is 1.91. The van der Waals surface area contributed by atoms with Gasteiger partial charge in [0.25, 0.3) is 0 Å². The van der Waals surface area contributed by atoms with Crippen LogP contribution in [0.4, 0.5) is 0 Å². The van der Waals surface area contributed by atoms with Gasteiger partial charge >= 0.3 is 5.97 Å². The number of hydrogen-bond acceptors (Lipinski definition) is 3. The molecule has 2 unspecified atom stereocenters. The fourth-order valence-corrected chi connectivity index (χ4v) is 2.84. The van der Waals surface area contributed by atoms with Crippen molar-refractivity contribution in [1.82, 2.24) is 4.90 Å². The van der Waals surface area contributed by atoms with Gasteiger partial charge in [0.2, 0.25) is 5.91 Å². The molecule has 1 aliphatic heterocycles. The zero-order chi connectivity index (χ0) is 14.9. The number of amides is 1. The molecule has 0 radical (unpaired) electrons. The van der Waals surface area contributed by atoms with Crippen molar-refractivity contribution in [2.45, 2.75) is 25.8 Å². The van der Waals surface area contributed by atoms with Crippen molar-refractivity contribution in [3.05, 3.63) is 29.3 Å². The van der Waals surface area contributed by atoms with E-state index in [2.05, 4.69) is 0 Å². The zero-order valence-electron chi connectivity index (χ0n) is 11.9. The molecule has 2 rings (SSSR count). The first-order chi connectivity index (χ1) is 9.45. The number of benzene rings is 1. The van der Waals surface area contributed by atoms with Crippen LogP contribution in [-0.2, 0) is 9.59 Å². The second kappa shape index (κ2) is 5.53. The van der Waals surface area contributed by atoms with Gasteiger partial charge in [-0.3, -0.25) is 9.59 Å². The Balaban J connectivity index is 2.42. The molecular weight excluding hydrogens is 258 g/mol. The van der Waals surface area contributed by atoms with E-state index < -0.39 is 17.9 Å². The molecule has 0 spiro atoms. The van der Waals surface area contributed by atoms with Crippen molar-refractivity contribution in [2.24, 2.45) is 5.92 Å². The van der Waals surface area contributed by atoms with Crippen LogP contribution in [-0.4, -0.2) is 36.0 Å². The number of likely N-dealkylation sites (tertiary alicyclic amines) is 1. The summed E-state index contributed by atoms with van der Waals surface area (Å²) in [5.74, 6) is -0.681. The van der Waals surface area contributed by atoms with E-state index >= 15 is 0 Å². The van der Waals surface area contributed by atoms with Crippen LogP contribution in [0.15, 0.2) is 18.2 Å². The number of aliphatic carboxylic acids is 1. The number of methoxy groups -OCH3 is 1. The Morgan fingerprint density at radius 3 is 2.70 bits per heavy atom. The highest BCUT2D eigenvalue weighted by Crippen LogP contribution is 2.37. The van der Waals surface area contributed by atoms with Gasteiger partial charge in [-0.05, 0) is 30.5 Å². The smallest absolute Gasteiger partial charge is 0.308 e. The van der Waals surface area contributed by atoms with E-state index in [1.165, 1.54) is 0 Å². The van der Waals surface area contributed by atoms with E-state index in [9.17, 15) is 14.7 Å². The second-order valence-electron chi connectivity index (χ2n) is 5.16. The van der Waals surface area contributed by atoms with E-state index in [4.69, 9.17) is 4.74 Å². The lowest BCUT2D eigenvalue weighted by Crippen LogP contribution is -2.43. The number of carboxylic acid groups (broad SMARTS) is 1. The highest BCUT2D eigenvalue weighted by molar-refractivity contribution is 5.81. The SMILES string of the molecule is COc1ccc(C2C(C(=O)O)CCC(=O)N2C)cc1C. The summed E-state index contributed by atoms with van der Waals surface area (Å²) >= 11 is 0. The molecule has 0 saturated carbocycles. The molecule has 5 nitrogen and oxygen atoms in total. The number of carboxylic acids is 1. The summed E-state index contributed by atoms with van der Waals surface area (Å²) in [4.78, 5) is 24.8. The van der Waals surface area contributed by atoms with Crippen LogP contribution in [0.5, 0.6) is 5.75 Å². The number of rotatable bonds is 3. The molecule has 1 saturated heterocycles. The molecule has 1 fully saturated rings. The summed E-state index contributed by atoms with van der Waals surface area (Å²) in [7, 11) is 3.26. The van der Waals surface area contributed by atoms with Gasteiger partial charge in [-0.25, -0.2) is 0 Å². The number of piperidine rings is 1. The number of ether oxygens (including phenoxy) is 1. The average molecular weight is 277 g/mol. The summed E-state index contributed by atoms with van der Waals surface area (Å²) in [5.41, 5.74) is 1.77. The number of carbonyl (C=O) groups excluding carboxylic acids is 1. The van der Waals surface area contributed by atoms with Gasteiger partial charge in [0.15, 0.2) is 0 Å². The summed E-state index contributed by atoms with van der Waals surface area (Å²) in [5, 5.41) is 9.38. The van der Waals surface area contributed by atoms with Crippen LogP contribution in [0.1, 0.15) is 30.0 Å². The molecule has 1 heterocycles. The lowest BCUT2D eigenvalue weighted by molar-refractivity contribution is -0.150. The molecule has 20 heavy (non-hydrogen) atoms. The molecule has 1 aromatic carbocycles. The minimum Gasteiger partial charge on any atom is -0.496 e. The van der Waals surface area contributed by atoms with Gasteiger partial charge in [-0.1, -0.05) is 12.1 Å². The van der Waals surface area contributed by atoms with E-state index in [-0.39, 0.29) is 5.91 Å². The highest BCUT2D eigenvalue weighted by Gasteiger charge is 2.38. The van der Waals surface area contributed by atoms with Crippen LogP contribution in [0.3, 0.4) is 0 Å². The van der Waals surface area contributed by atoms with Gasteiger partial charge in [0.05, 0.1) is 19.1 Å². The van der Waals surface area contributed by atoms with E-state index in [1.54, 1.807) is 19.1 Å². The maximum atomic E-state index is 11.9. The van der Waals surface area contributed by atoms with Crippen molar-refractivity contribution in [1.29, 1.82) is 0 Å². The van der Waals surface area contributed by atoms with E-state index in [1.807, 2.05) is 25.1 Å². The Labute approximate surface area is 118 Å². The third kappa shape index (κ3) is 2.48. The topological polar surface area (TPSA) is 66.8 Å². The van der Waals surface area contributed by atoms with Gasteiger partial charge in [-0.15, -0.1) is 0 Å². The lowest BCUT2D eigenvalue weighted by atomic mass is 9.84. The Morgan fingerprint density at radius 2 is 2.15 bits per heavy atom. The number of carbonyl (C=O) groups is 2. The van der Waals surface area contributed by atoms with Gasteiger partial charge in [0, 0.05) is 13.5 Å². The molecular formula is C15H19NO4. The molecule has 1 aliphatic rings. The fraction of sp³-hybridized carbons (Fsp3) is 0.467. The maximum absolute atomic E-state index is 11.9. The minimum absolute atomic E-state index is 0.0130. The monoisotopic (exact) mass is 277 g/mol. The van der Waals surface area contributed by atoms with Crippen LogP contribution >= 0.6 is 0 Å². The number of hydrogen-bond donors (Lipinski definition) is 1. The Bertz CT molecular complexity index is 541. The Morgan fingerprint density at radius 1 is 1.45 bits per heavy atom. The van der Waals surface area contributed by atoms with Crippen molar-refractivity contribution < 1.29 is 19.4 Å². The molecule has 1 amide bonds. The molecule has 1 aromatic rings. The van der Waals surface area contributed by atoms with Crippen molar-refractivity contribution in [3.63, 3.8) is 0 Å². The first-order valence-corrected chi connectivity index (χ1v) is 6.58. The van der Waals surface area contributed by atoms with Crippen LogP contribution in [0.2, 0.25) is 0 Å². The largest absolute Gasteiger partial charge is 0.496 e.